The maximum absolute atomic E-state index is 13.5. The van der Waals surface area contributed by atoms with Crippen LogP contribution in [-0.4, -0.2) is 95.3 Å². The number of carbonyl (C=O) groups excluding carboxylic acids is 2. The number of amides is 1. The van der Waals surface area contributed by atoms with E-state index in [-0.39, 0.29) is 104 Å². The number of hydrogen-bond acceptors (Lipinski definition) is 11. The Morgan fingerprint density at radius 2 is 1.40 bits per heavy atom. The molecule has 0 saturated heterocycles. The van der Waals surface area contributed by atoms with Crippen LogP contribution in [-0.2, 0) is 53.9 Å². The molecular formula is C54H94N2O10S3Si3. The van der Waals surface area contributed by atoms with Gasteiger partial charge in [0, 0.05) is 24.6 Å². The number of carbonyl (C=O) groups is 2. The number of aryl methyl sites for hydroxylation is 1. The fourth-order valence-electron chi connectivity index (χ4n) is 9.22. The van der Waals surface area contributed by atoms with Gasteiger partial charge in [-0.3, -0.25) is 9.59 Å². The van der Waals surface area contributed by atoms with Crippen LogP contribution in [0, 0.1) is 11.8 Å². The van der Waals surface area contributed by atoms with Crippen molar-refractivity contribution < 1.29 is 44.4 Å². The Labute approximate surface area is 443 Å². The summed E-state index contributed by atoms with van der Waals surface area (Å²) >= 11 is 0.622. The summed E-state index contributed by atoms with van der Waals surface area (Å²) in [7, 11) is -14.3. The first-order valence-corrected chi connectivity index (χ1v) is 39.1. The van der Waals surface area contributed by atoms with Crippen molar-refractivity contribution in [3.63, 3.8) is 0 Å². The van der Waals surface area contributed by atoms with Crippen molar-refractivity contribution in [1.82, 2.24) is 4.90 Å². The van der Waals surface area contributed by atoms with E-state index in [1.54, 1.807) is 13.8 Å². The molecule has 0 spiro atoms. The van der Waals surface area contributed by atoms with Crippen LogP contribution in [0.5, 0.6) is 0 Å². The first kappa shape index (κ1) is 62.5. The summed E-state index contributed by atoms with van der Waals surface area (Å²) in [5.74, 6) is -0.173. The van der Waals surface area contributed by atoms with E-state index in [0.717, 1.165) is 38.5 Å². The molecule has 1 aliphatic heterocycles. The van der Waals surface area contributed by atoms with Gasteiger partial charge in [-0.25, -0.2) is 22.0 Å². The molecule has 1 aliphatic carbocycles. The van der Waals surface area contributed by atoms with Crippen molar-refractivity contribution in [2.24, 2.45) is 17.0 Å². The minimum atomic E-state index is -4.15. The zero-order valence-corrected chi connectivity index (χ0v) is 52.6. The number of nitrogens with two attached hydrogens (primary N) is 1. The number of allylic oxidation sites excluding steroid dienone is 2. The number of thiophene rings is 1. The van der Waals surface area contributed by atoms with E-state index >= 15 is 0 Å². The van der Waals surface area contributed by atoms with Gasteiger partial charge in [-0.1, -0.05) is 105 Å². The lowest BCUT2D eigenvalue weighted by molar-refractivity contribution is -0.145. The van der Waals surface area contributed by atoms with Gasteiger partial charge >= 0.3 is 5.97 Å². The molecule has 18 heteroatoms. The predicted molar refractivity (Wildman–Crippen MR) is 302 cm³/mol. The Morgan fingerprint density at radius 1 is 0.833 bits per heavy atom. The number of hydrogen-bond donors (Lipinski definition) is 1. The van der Waals surface area contributed by atoms with E-state index < -0.39 is 56.1 Å². The molecule has 2 N–H and O–H groups in total. The second-order valence-corrected chi connectivity index (χ2v) is 44.9. The molecule has 1 fully saturated rings. The van der Waals surface area contributed by atoms with Crippen LogP contribution >= 0.6 is 11.3 Å². The summed E-state index contributed by atoms with van der Waals surface area (Å²) in [5.41, 5.74) is 1.60. The molecule has 4 rings (SSSR count). The smallest absolute Gasteiger partial charge is 0.305 e. The molecule has 2 aliphatic rings. The summed E-state index contributed by atoms with van der Waals surface area (Å²) in [6, 6.07) is 11.4. The average Bonchev–Trinajstić information content (AvgIpc) is 3.84. The molecule has 410 valence electrons. The maximum atomic E-state index is 13.5. The Morgan fingerprint density at radius 3 is 1.94 bits per heavy atom. The van der Waals surface area contributed by atoms with Crippen molar-refractivity contribution >= 4 is 68.0 Å². The van der Waals surface area contributed by atoms with Crippen LogP contribution in [0.2, 0.25) is 54.4 Å². The first-order valence-electron chi connectivity index (χ1n) is 26.5. The highest BCUT2D eigenvalue weighted by molar-refractivity contribution is 7.95. The fraction of sp³-hybridized carbons (Fsp3) is 0.741. The number of primary sulfonamides is 1. The Balaban J connectivity index is 1.47. The third-order valence-electron chi connectivity index (χ3n) is 16.8. The van der Waals surface area contributed by atoms with Gasteiger partial charge in [0.1, 0.15) is 15.0 Å². The fourth-order valence-corrected chi connectivity index (χ4v) is 17.8. The van der Waals surface area contributed by atoms with E-state index in [9.17, 15) is 26.4 Å². The van der Waals surface area contributed by atoms with E-state index in [0.29, 0.717) is 24.2 Å². The number of ether oxygens (including phenoxy) is 1. The van der Waals surface area contributed by atoms with Crippen molar-refractivity contribution in [2.75, 3.05) is 13.2 Å². The molecule has 1 saturated carbocycles. The molecule has 0 unspecified atom stereocenters. The van der Waals surface area contributed by atoms with Gasteiger partial charge in [-0.15, -0.1) is 11.3 Å². The van der Waals surface area contributed by atoms with Crippen LogP contribution in [0.15, 0.2) is 57.0 Å². The number of fused-ring (bicyclic) bond motifs is 1. The Kier molecular flexibility index (Phi) is 21.3. The molecular weight excluding hydrogens is 1020 g/mol. The second-order valence-electron chi connectivity index (χ2n) is 25.2. The van der Waals surface area contributed by atoms with Crippen LogP contribution in [0.4, 0.5) is 0 Å². The molecule has 2 heterocycles. The van der Waals surface area contributed by atoms with Gasteiger partial charge in [0.25, 0.3) is 0 Å². The van der Waals surface area contributed by atoms with E-state index in [2.05, 4.69) is 144 Å². The molecule has 0 radical (unpaired) electrons. The van der Waals surface area contributed by atoms with Crippen molar-refractivity contribution in [1.29, 1.82) is 0 Å². The standard InChI is InChI=1S/C54H94N2O10S3Si3/c1-18-56(45-36-39(2)68(59,60)51-44(45)37-50(67-51)69(55,61)62)48(57)34-35-63-49(58)29-25-20-19-24-28-42-43(33-32-41(64-70(12,13)52(3,4)5)31-30-40-26-22-21-23-27-40)47(66-72(16,17)54(9,10)11)38-46(42)65-71(14,15)53(6,7)8/h19,21-24,26-27,37,39,41-43,45-47H,18,20,25,28-36,38H2,1-17H3,(H2,55,61,62)/b24-19-/t39-,41+,42+,43+,45-,46-,47+/m0/s1. The normalized spacial score (nSPS) is 22.8. The van der Waals surface area contributed by atoms with Crippen LogP contribution in [0.1, 0.15) is 158 Å². The lowest BCUT2D eigenvalue weighted by atomic mass is 9.85. The Bertz CT molecular complexity index is 2370. The SMILES string of the molecule is CCN(C(=O)CCOC(=O)CCC/C=C\C[C@@H]1[C@@H](CC[C@@H](CCc2ccccc2)O[Si](C)(C)C(C)(C)C)[C@H](O[Si](C)(C)C(C)(C)C)C[C@@H]1O[Si](C)(C)C(C)(C)C)[C@H]1C[C@H](C)S(=O)(=O)c2sc(S(N)(=O)=O)cc21. The van der Waals surface area contributed by atoms with Crippen molar-refractivity contribution in [3.8, 4) is 0 Å². The molecule has 2 aromatic rings. The van der Waals surface area contributed by atoms with Gasteiger partial charge in [0.2, 0.25) is 15.9 Å². The number of benzene rings is 1. The number of sulfone groups is 1. The average molecular weight is 1110 g/mol. The lowest BCUT2D eigenvalue weighted by Crippen LogP contribution is -2.45. The Hall–Kier alpha value is -2.01. The van der Waals surface area contributed by atoms with Gasteiger partial charge < -0.3 is 22.9 Å². The molecule has 12 nitrogen and oxygen atoms in total. The maximum Gasteiger partial charge on any atom is 0.305 e. The summed E-state index contributed by atoms with van der Waals surface area (Å²) in [4.78, 5) is 28.0. The number of unbranched alkanes of at least 4 members (excludes halogenated alkanes) is 1. The molecule has 0 bridgehead atoms. The molecule has 1 aromatic carbocycles. The summed E-state index contributed by atoms with van der Waals surface area (Å²) in [5, 5.41) is 4.74. The molecule has 7 atom stereocenters. The molecule has 72 heavy (non-hydrogen) atoms. The highest BCUT2D eigenvalue weighted by Crippen LogP contribution is 2.50. The minimum absolute atomic E-state index is 0.0496. The predicted octanol–water partition coefficient (Wildman–Crippen LogP) is 13.1. The summed E-state index contributed by atoms with van der Waals surface area (Å²) < 4.78 is 78.0. The monoisotopic (exact) mass is 1110 g/mol. The quantitative estimate of drug-likeness (QED) is 0.0462. The van der Waals surface area contributed by atoms with E-state index in [1.165, 1.54) is 16.5 Å². The third kappa shape index (κ3) is 16.3. The van der Waals surface area contributed by atoms with Crippen molar-refractivity contribution in [2.45, 2.75) is 239 Å². The molecule has 1 aromatic heterocycles. The zero-order valence-electron chi connectivity index (χ0n) is 47.2. The second kappa shape index (κ2) is 24.5. The first-order chi connectivity index (χ1) is 32.9. The van der Waals surface area contributed by atoms with Gasteiger partial charge in [0.05, 0.1) is 29.9 Å². The van der Waals surface area contributed by atoms with Gasteiger partial charge in [-0.2, -0.15) is 0 Å². The topological polar surface area (TPSA) is 169 Å². The summed E-state index contributed by atoms with van der Waals surface area (Å²) in [6.45, 7) is 38.5. The highest BCUT2D eigenvalue weighted by atomic mass is 32.3. The number of nitrogens with zero attached hydrogens (tertiary/aromatic N) is 1. The third-order valence-corrected chi connectivity index (χ3v) is 35.7. The number of sulfonamides is 1. The van der Waals surface area contributed by atoms with Crippen molar-refractivity contribution in [3.05, 3.63) is 59.7 Å². The summed E-state index contributed by atoms with van der Waals surface area (Å²) in [6.07, 6.45) is 11.9. The van der Waals surface area contributed by atoms with Gasteiger partial charge in [0.15, 0.2) is 34.8 Å². The highest BCUT2D eigenvalue weighted by Gasteiger charge is 2.51. The van der Waals surface area contributed by atoms with E-state index in [4.69, 9.17) is 23.2 Å². The van der Waals surface area contributed by atoms with Crippen LogP contribution < -0.4 is 5.14 Å². The van der Waals surface area contributed by atoms with E-state index in [1.807, 2.05) is 0 Å². The lowest BCUT2D eigenvalue weighted by Gasteiger charge is -2.41. The van der Waals surface area contributed by atoms with Crippen LogP contribution in [0.25, 0.3) is 0 Å². The number of rotatable bonds is 24. The number of esters is 1. The zero-order chi connectivity index (χ0) is 54.5. The largest absolute Gasteiger partial charge is 0.465 e. The van der Waals surface area contributed by atoms with Gasteiger partial charge in [-0.05, 0) is 149 Å². The minimum Gasteiger partial charge on any atom is -0.465 e. The molecule has 1 amide bonds. The van der Waals surface area contributed by atoms with Crippen LogP contribution in [0.3, 0.4) is 0 Å².